The molecular formula is C17H27NOS. The van der Waals surface area contributed by atoms with Crippen LogP contribution in [0.15, 0.2) is 29.2 Å². The topological polar surface area (TPSA) is 46.2 Å². The van der Waals surface area contributed by atoms with Crippen molar-refractivity contribution in [1.29, 1.82) is 0 Å². The quantitative estimate of drug-likeness (QED) is 0.743. The third kappa shape index (κ3) is 5.12. The van der Waals surface area contributed by atoms with Gasteiger partial charge in [0.25, 0.3) is 0 Å². The molecule has 3 heteroatoms. The standard InChI is InChI=1S/C17H27NOS/c18-11-5-10-17(19)15-8-4-9-16(12-15)20-13-14-6-2-1-3-7-14/h4,8-9,12,14,17,19H,1-3,5-7,10-11,13,18H2. The Kier molecular flexibility index (Phi) is 6.91. The van der Waals surface area contributed by atoms with E-state index in [1.807, 2.05) is 17.8 Å². The molecule has 1 unspecified atom stereocenters. The molecule has 0 aromatic heterocycles. The molecule has 20 heavy (non-hydrogen) atoms. The molecule has 1 fully saturated rings. The molecule has 1 aromatic rings. The molecule has 0 amide bonds. The maximum atomic E-state index is 10.1. The Bertz CT molecular complexity index is 390. The second-order valence-corrected chi connectivity index (χ2v) is 6.93. The summed E-state index contributed by atoms with van der Waals surface area (Å²) in [6.45, 7) is 0.646. The van der Waals surface area contributed by atoms with Gasteiger partial charge in [-0.1, -0.05) is 31.4 Å². The fourth-order valence-corrected chi connectivity index (χ4v) is 4.01. The Morgan fingerprint density at radius 3 is 2.80 bits per heavy atom. The van der Waals surface area contributed by atoms with Crippen LogP contribution in [0.3, 0.4) is 0 Å². The van der Waals surface area contributed by atoms with Crippen LogP contribution in [0.5, 0.6) is 0 Å². The Balaban J connectivity index is 1.85. The van der Waals surface area contributed by atoms with E-state index in [-0.39, 0.29) is 6.10 Å². The summed E-state index contributed by atoms with van der Waals surface area (Å²) >= 11 is 1.95. The summed E-state index contributed by atoms with van der Waals surface area (Å²) in [5.74, 6) is 2.11. The van der Waals surface area contributed by atoms with Crippen LogP contribution in [-0.4, -0.2) is 17.4 Å². The van der Waals surface area contributed by atoms with Gasteiger partial charge in [-0.05, 0) is 55.8 Å². The van der Waals surface area contributed by atoms with Crippen LogP contribution >= 0.6 is 11.8 Å². The maximum absolute atomic E-state index is 10.1. The molecular weight excluding hydrogens is 266 g/mol. The number of rotatable bonds is 7. The van der Waals surface area contributed by atoms with E-state index in [1.54, 1.807) is 0 Å². The van der Waals surface area contributed by atoms with Gasteiger partial charge in [-0.3, -0.25) is 0 Å². The van der Waals surface area contributed by atoms with Crippen molar-refractivity contribution in [1.82, 2.24) is 0 Å². The lowest BCUT2D eigenvalue weighted by molar-refractivity contribution is 0.165. The molecule has 1 saturated carbocycles. The van der Waals surface area contributed by atoms with Gasteiger partial charge in [-0.2, -0.15) is 0 Å². The van der Waals surface area contributed by atoms with E-state index in [9.17, 15) is 5.11 Å². The number of hydrogen-bond donors (Lipinski definition) is 2. The van der Waals surface area contributed by atoms with Gasteiger partial charge in [0.1, 0.15) is 0 Å². The van der Waals surface area contributed by atoms with Gasteiger partial charge in [0.2, 0.25) is 0 Å². The van der Waals surface area contributed by atoms with Gasteiger partial charge >= 0.3 is 0 Å². The van der Waals surface area contributed by atoms with Gasteiger partial charge < -0.3 is 10.8 Å². The van der Waals surface area contributed by atoms with Gasteiger partial charge in [0.05, 0.1) is 6.10 Å². The first-order chi connectivity index (χ1) is 9.79. The lowest BCUT2D eigenvalue weighted by Crippen LogP contribution is -2.08. The average Bonchev–Trinajstić information content (AvgIpc) is 2.52. The molecule has 0 spiro atoms. The largest absolute Gasteiger partial charge is 0.388 e. The zero-order chi connectivity index (χ0) is 14.2. The van der Waals surface area contributed by atoms with E-state index in [0.29, 0.717) is 6.54 Å². The summed E-state index contributed by atoms with van der Waals surface area (Å²) in [7, 11) is 0. The summed E-state index contributed by atoms with van der Waals surface area (Å²) in [4.78, 5) is 1.29. The molecule has 1 aliphatic carbocycles. The van der Waals surface area contributed by atoms with Gasteiger partial charge in [0, 0.05) is 10.6 Å². The highest BCUT2D eigenvalue weighted by Gasteiger charge is 2.14. The molecule has 1 aromatic carbocycles. The van der Waals surface area contributed by atoms with Crippen LogP contribution in [0.1, 0.15) is 56.6 Å². The van der Waals surface area contributed by atoms with Gasteiger partial charge in [-0.15, -0.1) is 11.8 Å². The third-order valence-corrected chi connectivity index (χ3v) is 5.36. The summed E-state index contributed by atoms with van der Waals surface area (Å²) in [6, 6.07) is 8.39. The highest BCUT2D eigenvalue weighted by Crippen LogP contribution is 2.31. The van der Waals surface area contributed by atoms with E-state index >= 15 is 0 Å². The fraction of sp³-hybridized carbons (Fsp3) is 0.647. The van der Waals surface area contributed by atoms with Crippen LogP contribution in [0.25, 0.3) is 0 Å². The first-order valence-electron chi connectivity index (χ1n) is 7.90. The zero-order valence-corrected chi connectivity index (χ0v) is 13.1. The number of hydrogen-bond acceptors (Lipinski definition) is 3. The van der Waals surface area contributed by atoms with Crippen molar-refractivity contribution in [2.24, 2.45) is 11.7 Å². The SMILES string of the molecule is NCCCC(O)c1cccc(SCC2CCCCC2)c1. The maximum Gasteiger partial charge on any atom is 0.0790 e. The minimum atomic E-state index is -0.367. The van der Waals surface area contributed by atoms with Crippen LogP contribution in [0.4, 0.5) is 0 Å². The van der Waals surface area contributed by atoms with Crippen molar-refractivity contribution in [2.75, 3.05) is 12.3 Å². The lowest BCUT2D eigenvalue weighted by Gasteiger charge is -2.21. The van der Waals surface area contributed by atoms with E-state index in [4.69, 9.17) is 5.73 Å². The minimum Gasteiger partial charge on any atom is -0.388 e. The summed E-state index contributed by atoms with van der Waals surface area (Å²) < 4.78 is 0. The highest BCUT2D eigenvalue weighted by atomic mass is 32.2. The number of nitrogens with two attached hydrogens (primary N) is 1. The molecule has 0 aliphatic heterocycles. The molecule has 0 bridgehead atoms. The Labute approximate surface area is 127 Å². The fourth-order valence-electron chi connectivity index (χ4n) is 2.86. The molecule has 3 N–H and O–H groups in total. The summed E-state index contributed by atoms with van der Waals surface area (Å²) in [6.07, 6.45) is 8.29. The first kappa shape index (κ1) is 15.9. The zero-order valence-electron chi connectivity index (χ0n) is 12.3. The molecule has 0 saturated heterocycles. The van der Waals surface area contributed by atoms with E-state index < -0.39 is 0 Å². The normalized spacial score (nSPS) is 18.1. The van der Waals surface area contributed by atoms with Crippen LogP contribution < -0.4 is 5.73 Å². The Hall–Kier alpha value is -0.510. The molecule has 2 rings (SSSR count). The van der Waals surface area contributed by atoms with Crippen molar-refractivity contribution in [2.45, 2.75) is 55.9 Å². The summed E-state index contributed by atoms with van der Waals surface area (Å²) in [5.41, 5.74) is 6.53. The van der Waals surface area contributed by atoms with E-state index in [2.05, 4.69) is 18.2 Å². The summed E-state index contributed by atoms with van der Waals surface area (Å²) in [5, 5.41) is 10.1. The van der Waals surface area contributed by atoms with Crippen molar-refractivity contribution < 1.29 is 5.11 Å². The predicted molar refractivity (Wildman–Crippen MR) is 87.0 cm³/mol. The molecule has 0 radical (unpaired) electrons. The van der Waals surface area contributed by atoms with E-state index in [1.165, 1.54) is 42.8 Å². The van der Waals surface area contributed by atoms with Crippen molar-refractivity contribution in [3.05, 3.63) is 29.8 Å². The number of aliphatic hydroxyl groups is 1. The Morgan fingerprint density at radius 1 is 1.25 bits per heavy atom. The third-order valence-electron chi connectivity index (χ3n) is 4.13. The smallest absolute Gasteiger partial charge is 0.0790 e. The Morgan fingerprint density at radius 2 is 2.05 bits per heavy atom. The second kappa shape index (κ2) is 8.71. The van der Waals surface area contributed by atoms with Crippen molar-refractivity contribution >= 4 is 11.8 Å². The molecule has 2 nitrogen and oxygen atoms in total. The van der Waals surface area contributed by atoms with Crippen LogP contribution in [0.2, 0.25) is 0 Å². The first-order valence-corrected chi connectivity index (χ1v) is 8.89. The highest BCUT2D eigenvalue weighted by molar-refractivity contribution is 7.99. The molecule has 1 aliphatic rings. The van der Waals surface area contributed by atoms with Gasteiger partial charge in [-0.25, -0.2) is 0 Å². The van der Waals surface area contributed by atoms with Crippen LogP contribution in [0, 0.1) is 5.92 Å². The molecule has 0 heterocycles. The van der Waals surface area contributed by atoms with Gasteiger partial charge in [0.15, 0.2) is 0 Å². The van der Waals surface area contributed by atoms with Crippen LogP contribution in [-0.2, 0) is 0 Å². The number of benzene rings is 1. The van der Waals surface area contributed by atoms with Crippen molar-refractivity contribution in [3.63, 3.8) is 0 Å². The average molecular weight is 293 g/mol. The number of thioether (sulfide) groups is 1. The monoisotopic (exact) mass is 293 g/mol. The molecule has 112 valence electrons. The second-order valence-electron chi connectivity index (χ2n) is 5.83. The lowest BCUT2D eigenvalue weighted by atomic mass is 9.91. The minimum absolute atomic E-state index is 0.367. The molecule has 1 atom stereocenters. The number of aliphatic hydroxyl groups excluding tert-OH is 1. The van der Waals surface area contributed by atoms with E-state index in [0.717, 1.165) is 24.3 Å². The predicted octanol–water partition coefficient (Wildman–Crippen LogP) is 4.13. The van der Waals surface area contributed by atoms with Crippen molar-refractivity contribution in [3.8, 4) is 0 Å².